The Bertz CT molecular complexity index is 366. The molecular weight excluding hydrogens is 204 g/mol. The molecule has 1 atom stereocenters. The number of halogens is 2. The topological polar surface area (TPSA) is 3.24 Å². The van der Waals surface area contributed by atoms with E-state index >= 15 is 0 Å². The molecule has 1 aromatic rings. The third-order valence-electron chi connectivity index (χ3n) is 2.26. The minimum Gasteiger partial charge on any atom is -0.351 e. The Morgan fingerprint density at radius 2 is 1.93 bits per heavy atom. The maximum absolute atomic E-state index is 13.0. The van der Waals surface area contributed by atoms with Gasteiger partial charge in [0, 0.05) is 30.3 Å². The molecule has 0 saturated carbocycles. The van der Waals surface area contributed by atoms with E-state index in [0.29, 0.717) is 11.3 Å². The van der Waals surface area contributed by atoms with Gasteiger partial charge in [0.1, 0.15) is 0 Å². The molecule has 4 heteroatoms. The highest BCUT2D eigenvalue weighted by Crippen LogP contribution is 2.35. The molecule has 0 spiro atoms. The van der Waals surface area contributed by atoms with Crippen LogP contribution in [0.3, 0.4) is 0 Å². The Morgan fingerprint density at radius 3 is 2.64 bits per heavy atom. The molecule has 74 valence electrons. The lowest BCUT2D eigenvalue weighted by Gasteiger charge is -2.25. The van der Waals surface area contributed by atoms with Gasteiger partial charge in [-0.1, -0.05) is 6.08 Å². The minimum atomic E-state index is -0.827. The molecule has 1 heterocycles. The zero-order chi connectivity index (χ0) is 10.3. The second-order valence-corrected chi connectivity index (χ2v) is 3.78. The summed E-state index contributed by atoms with van der Waals surface area (Å²) in [6, 6.07) is 2.39. The van der Waals surface area contributed by atoms with Crippen LogP contribution in [0.2, 0.25) is 0 Å². The number of rotatable bonds is 0. The lowest BCUT2D eigenvalue weighted by Crippen LogP contribution is -2.15. The van der Waals surface area contributed by atoms with Crippen molar-refractivity contribution in [2.45, 2.75) is 5.25 Å². The standard InChI is InChI=1S/C10H9F2NS/c1-13-3-2-10(14)6-4-7(11)8(12)5-9(6)13/h2-5,10,14H,1H3. The first-order chi connectivity index (χ1) is 6.59. The highest BCUT2D eigenvalue weighted by molar-refractivity contribution is 7.80. The van der Waals surface area contributed by atoms with Crippen LogP contribution >= 0.6 is 12.6 Å². The summed E-state index contributed by atoms with van der Waals surface area (Å²) in [5.41, 5.74) is 1.35. The van der Waals surface area contributed by atoms with Crippen LogP contribution in [0.4, 0.5) is 14.5 Å². The van der Waals surface area contributed by atoms with E-state index in [-0.39, 0.29) is 5.25 Å². The lowest BCUT2D eigenvalue weighted by atomic mass is 10.1. The van der Waals surface area contributed by atoms with Gasteiger partial charge in [-0.3, -0.25) is 0 Å². The fourth-order valence-electron chi connectivity index (χ4n) is 1.49. The normalized spacial score (nSPS) is 19.7. The van der Waals surface area contributed by atoms with Crippen LogP contribution in [0.5, 0.6) is 0 Å². The van der Waals surface area contributed by atoms with Gasteiger partial charge in [-0.2, -0.15) is 12.6 Å². The Balaban J connectivity index is 2.61. The summed E-state index contributed by atoms with van der Waals surface area (Å²) < 4.78 is 25.9. The van der Waals surface area contributed by atoms with Crippen LogP contribution in [-0.2, 0) is 0 Å². The predicted molar refractivity (Wildman–Crippen MR) is 55.6 cm³/mol. The number of hydrogen-bond acceptors (Lipinski definition) is 2. The molecule has 2 rings (SSSR count). The van der Waals surface area contributed by atoms with Gasteiger partial charge in [0.05, 0.1) is 0 Å². The molecule has 1 aliphatic rings. The fraction of sp³-hybridized carbons (Fsp3) is 0.200. The van der Waals surface area contributed by atoms with Crippen molar-refractivity contribution in [2.75, 3.05) is 11.9 Å². The summed E-state index contributed by atoms with van der Waals surface area (Å²) in [7, 11) is 1.78. The SMILES string of the molecule is CN1C=CC(S)c2cc(F)c(F)cc21. The smallest absolute Gasteiger partial charge is 0.160 e. The highest BCUT2D eigenvalue weighted by atomic mass is 32.1. The van der Waals surface area contributed by atoms with Gasteiger partial charge in [-0.25, -0.2) is 8.78 Å². The quantitative estimate of drug-likeness (QED) is 0.648. The average molecular weight is 213 g/mol. The van der Waals surface area contributed by atoms with E-state index in [4.69, 9.17) is 0 Å². The van der Waals surface area contributed by atoms with Crippen LogP contribution in [0, 0.1) is 11.6 Å². The van der Waals surface area contributed by atoms with Crippen molar-refractivity contribution >= 4 is 18.3 Å². The summed E-state index contributed by atoms with van der Waals surface area (Å²) >= 11 is 4.26. The molecule has 0 aliphatic carbocycles. The summed E-state index contributed by atoms with van der Waals surface area (Å²) in [4.78, 5) is 1.74. The van der Waals surface area contributed by atoms with E-state index in [0.717, 1.165) is 0 Å². The minimum absolute atomic E-state index is 0.170. The average Bonchev–Trinajstić information content (AvgIpc) is 2.15. The number of thiol groups is 1. The molecule has 0 fully saturated rings. The van der Waals surface area contributed by atoms with Gasteiger partial charge in [0.25, 0.3) is 0 Å². The maximum atomic E-state index is 13.0. The Labute approximate surface area is 86.4 Å². The summed E-state index contributed by atoms with van der Waals surface area (Å²) in [6.45, 7) is 0. The van der Waals surface area contributed by atoms with E-state index in [1.807, 2.05) is 6.08 Å². The molecule has 0 aromatic heterocycles. The Kier molecular flexibility index (Phi) is 2.23. The molecule has 1 unspecified atom stereocenters. The monoisotopic (exact) mass is 213 g/mol. The first kappa shape index (κ1) is 9.52. The van der Waals surface area contributed by atoms with Gasteiger partial charge in [0.2, 0.25) is 0 Å². The first-order valence-electron chi connectivity index (χ1n) is 4.18. The molecule has 1 nitrogen and oxygen atoms in total. The second kappa shape index (κ2) is 3.28. The number of hydrogen-bond donors (Lipinski definition) is 1. The van der Waals surface area contributed by atoms with E-state index in [1.165, 1.54) is 12.1 Å². The summed E-state index contributed by atoms with van der Waals surface area (Å²) in [5, 5.41) is -0.170. The predicted octanol–water partition coefficient (Wildman–Crippen LogP) is 2.90. The van der Waals surface area contributed by atoms with Crippen molar-refractivity contribution in [1.82, 2.24) is 0 Å². The van der Waals surface area contributed by atoms with Crippen molar-refractivity contribution in [2.24, 2.45) is 0 Å². The zero-order valence-corrected chi connectivity index (χ0v) is 8.43. The molecule has 14 heavy (non-hydrogen) atoms. The van der Waals surface area contributed by atoms with E-state index in [2.05, 4.69) is 12.6 Å². The van der Waals surface area contributed by atoms with E-state index in [9.17, 15) is 8.78 Å². The summed E-state index contributed by atoms with van der Waals surface area (Å²) in [5.74, 6) is -1.65. The molecule has 0 saturated heterocycles. The van der Waals surface area contributed by atoms with Crippen molar-refractivity contribution in [3.05, 3.63) is 41.6 Å². The largest absolute Gasteiger partial charge is 0.351 e. The van der Waals surface area contributed by atoms with Crippen LogP contribution < -0.4 is 4.90 Å². The Morgan fingerprint density at radius 1 is 1.29 bits per heavy atom. The number of benzene rings is 1. The van der Waals surface area contributed by atoms with Gasteiger partial charge in [-0.05, 0) is 11.6 Å². The van der Waals surface area contributed by atoms with Crippen LogP contribution in [0.1, 0.15) is 10.8 Å². The fourth-order valence-corrected chi connectivity index (χ4v) is 1.77. The molecule has 0 amide bonds. The Hall–Kier alpha value is -1.03. The maximum Gasteiger partial charge on any atom is 0.160 e. The third kappa shape index (κ3) is 1.39. The van der Waals surface area contributed by atoms with Crippen molar-refractivity contribution in [3.63, 3.8) is 0 Å². The van der Waals surface area contributed by atoms with E-state index in [1.54, 1.807) is 18.1 Å². The number of nitrogens with zero attached hydrogens (tertiary/aromatic N) is 1. The molecule has 1 aromatic carbocycles. The number of fused-ring (bicyclic) bond motifs is 1. The van der Waals surface area contributed by atoms with Crippen LogP contribution in [0.25, 0.3) is 0 Å². The lowest BCUT2D eigenvalue weighted by molar-refractivity contribution is 0.507. The van der Waals surface area contributed by atoms with Gasteiger partial charge in [0.15, 0.2) is 11.6 Å². The van der Waals surface area contributed by atoms with Crippen molar-refractivity contribution in [3.8, 4) is 0 Å². The van der Waals surface area contributed by atoms with Gasteiger partial charge in [-0.15, -0.1) is 0 Å². The van der Waals surface area contributed by atoms with Crippen molar-refractivity contribution < 1.29 is 8.78 Å². The highest BCUT2D eigenvalue weighted by Gasteiger charge is 2.19. The number of anilines is 1. The van der Waals surface area contributed by atoms with E-state index < -0.39 is 11.6 Å². The second-order valence-electron chi connectivity index (χ2n) is 3.22. The molecule has 1 aliphatic heterocycles. The van der Waals surface area contributed by atoms with Crippen LogP contribution in [-0.4, -0.2) is 7.05 Å². The summed E-state index contributed by atoms with van der Waals surface area (Å²) in [6.07, 6.45) is 3.61. The molecular formula is C10H9F2NS. The van der Waals surface area contributed by atoms with Gasteiger partial charge < -0.3 is 4.90 Å². The first-order valence-corrected chi connectivity index (χ1v) is 4.69. The zero-order valence-electron chi connectivity index (χ0n) is 7.54. The van der Waals surface area contributed by atoms with Crippen LogP contribution in [0.15, 0.2) is 24.4 Å². The molecule has 0 bridgehead atoms. The molecule has 0 radical (unpaired) electrons. The third-order valence-corrected chi connectivity index (χ3v) is 2.71. The molecule has 0 N–H and O–H groups in total. The van der Waals surface area contributed by atoms with Crippen molar-refractivity contribution in [1.29, 1.82) is 0 Å². The van der Waals surface area contributed by atoms with Gasteiger partial charge >= 0.3 is 0 Å².